The predicted molar refractivity (Wildman–Crippen MR) is 49.4 cm³/mol. The highest BCUT2D eigenvalue weighted by Gasteiger charge is 2.25. The molecule has 0 N–H and O–H groups in total. The zero-order chi connectivity index (χ0) is 9.19. The lowest BCUT2D eigenvalue weighted by Crippen LogP contribution is -2.37. The molecule has 1 rings (SSSR count). The van der Waals surface area contributed by atoms with Gasteiger partial charge in [-0.25, -0.2) is 0 Å². The molecule has 0 aliphatic carbocycles. The first-order valence-electron chi connectivity index (χ1n) is 4.23. The molecule has 1 heterocycles. The average molecular weight is 212 g/mol. The van der Waals surface area contributed by atoms with Crippen molar-refractivity contribution in [2.75, 3.05) is 13.1 Å². The second-order valence-corrected chi connectivity index (χ2v) is 5.73. The molecule has 3 nitrogen and oxygen atoms in total. The molecule has 0 aromatic carbocycles. The van der Waals surface area contributed by atoms with E-state index < -0.39 is 9.24 Å². The maximum Gasteiger partial charge on any atom is 0.299 e. The summed E-state index contributed by atoms with van der Waals surface area (Å²) in [4.78, 5) is 0. The lowest BCUT2D eigenvalue weighted by Gasteiger charge is -2.29. The van der Waals surface area contributed by atoms with Crippen LogP contribution in [0.4, 0.5) is 0 Å². The summed E-state index contributed by atoms with van der Waals surface area (Å²) in [5.74, 6) is 0.493. The van der Waals surface area contributed by atoms with Crippen LogP contribution in [0.25, 0.3) is 0 Å². The molecule has 5 heteroatoms. The summed E-state index contributed by atoms with van der Waals surface area (Å²) in [6, 6.07) is 0. The van der Waals surface area contributed by atoms with Gasteiger partial charge in [-0.2, -0.15) is 12.7 Å². The number of halogens is 1. The van der Waals surface area contributed by atoms with Crippen LogP contribution in [0.1, 0.15) is 26.2 Å². The van der Waals surface area contributed by atoms with Crippen molar-refractivity contribution >= 4 is 19.9 Å². The molecule has 1 aliphatic rings. The highest BCUT2D eigenvalue weighted by Crippen LogP contribution is 2.22. The monoisotopic (exact) mass is 211 g/mol. The molecule has 0 radical (unpaired) electrons. The quantitative estimate of drug-likeness (QED) is 0.651. The van der Waals surface area contributed by atoms with E-state index in [0.717, 1.165) is 19.3 Å². The molecule has 72 valence electrons. The van der Waals surface area contributed by atoms with Gasteiger partial charge in [-0.1, -0.05) is 13.3 Å². The van der Waals surface area contributed by atoms with Crippen LogP contribution in [0.3, 0.4) is 0 Å². The van der Waals surface area contributed by atoms with Gasteiger partial charge in [0.2, 0.25) is 0 Å². The Hall–Kier alpha value is 0.200. The van der Waals surface area contributed by atoms with Crippen molar-refractivity contribution in [3.05, 3.63) is 0 Å². The van der Waals surface area contributed by atoms with Crippen molar-refractivity contribution in [3.63, 3.8) is 0 Å². The second-order valence-electron chi connectivity index (χ2n) is 3.22. The van der Waals surface area contributed by atoms with Crippen molar-refractivity contribution in [1.82, 2.24) is 4.31 Å². The van der Waals surface area contributed by atoms with Crippen molar-refractivity contribution in [2.24, 2.45) is 5.92 Å². The lowest BCUT2D eigenvalue weighted by molar-refractivity contribution is 0.265. The van der Waals surface area contributed by atoms with Gasteiger partial charge in [0.25, 0.3) is 9.24 Å². The van der Waals surface area contributed by atoms with Crippen molar-refractivity contribution in [1.29, 1.82) is 0 Å². The van der Waals surface area contributed by atoms with Crippen molar-refractivity contribution < 1.29 is 8.42 Å². The third-order valence-electron chi connectivity index (χ3n) is 2.37. The first-order valence-corrected chi connectivity index (χ1v) is 6.50. The van der Waals surface area contributed by atoms with E-state index in [9.17, 15) is 8.42 Å². The molecule has 0 amide bonds. The number of piperidine rings is 1. The van der Waals surface area contributed by atoms with E-state index in [4.69, 9.17) is 10.7 Å². The molecule has 1 aliphatic heterocycles. The Labute approximate surface area is 78.3 Å². The molecule has 0 bridgehead atoms. The van der Waals surface area contributed by atoms with E-state index in [2.05, 4.69) is 6.92 Å². The van der Waals surface area contributed by atoms with E-state index >= 15 is 0 Å². The summed E-state index contributed by atoms with van der Waals surface area (Å²) in [7, 11) is 1.77. The third kappa shape index (κ3) is 2.61. The smallest absolute Gasteiger partial charge is 0.195 e. The van der Waals surface area contributed by atoms with Crippen LogP contribution in [0, 0.1) is 5.92 Å². The topological polar surface area (TPSA) is 37.4 Å². The van der Waals surface area contributed by atoms with Crippen LogP contribution < -0.4 is 0 Å². The number of hydrogen-bond acceptors (Lipinski definition) is 2. The Kier molecular flexibility index (Phi) is 3.37. The Morgan fingerprint density at radius 2 is 2.25 bits per heavy atom. The molecule has 0 aromatic rings. The molecule has 1 unspecified atom stereocenters. The first kappa shape index (κ1) is 10.3. The normalized spacial score (nSPS) is 27.3. The fraction of sp³-hybridized carbons (Fsp3) is 1.00. The molecule has 0 saturated carbocycles. The Morgan fingerprint density at radius 1 is 1.58 bits per heavy atom. The van der Waals surface area contributed by atoms with Gasteiger partial charge in [-0.3, -0.25) is 0 Å². The molecular formula is C7H14ClNO2S. The summed E-state index contributed by atoms with van der Waals surface area (Å²) in [6.07, 6.45) is 3.09. The van der Waals surface area contributed by atoms with Crippen LogP contribution >= 0.6 is 10.7 Å². The molecule has 0 aromatic heterocycles. The van der Waals surface area contributed by atoms with Crippen LogP contribution in [-0.4, -0.2) is 25.8 Å². The van der Waals surface area contributed by atoms with Gasteiger partial charge in [0, 0.05) is 23.8 Å². The molecule has 0 spiro atoms. The molecular weight excluding hydrogens is 198 g/mol. The number of hydrogen-bond donors (Lipinski definition) is 0. The standard InChI is InChI=1S/C7H14ClNO2S/c1-2-7-4-3-5-9(6-7)12(8,10)11/h7H,2-6H2,1H3. The van der Waals surface area contributed by atoms with Crippen LogP contribution in [0.2, 0.25) is 0 Å². The van der Waals surface area contributed by atoms with Gasteiger partial charge in [-0.05, 0) is 18.8 Å². The van der Waals surface area contributed by atoms with E-state index in [0.29, 0.717) is 19.0 Å². The van der Waals surface area contributed by atoms with Gasteiger partial charge in [-0.15, -0.1) is 0 Å². The van der Waals surface area contributed by atoms with Gasteiger partial charge in [0.1, 0.15) is 0 Å². The van der Waals surface area contributed by atoms with Gasteiger partial charge >= 0.3 is 0 Å². The summed E-state index contributed by atoms with van der Waals surface area (Å²) in [5, 5.41) is 0. The Bertz CT molecular complexity index is 240. The van der Waals surface area contributed by atoms with Crippen LogP contribution in [-0.2, 0) is 9.24 Å². The Morgan fingerprint density at radius 3 is 2.75 bits per heavy atom. The zero-order valence-electron chi connectivity index (χ0n) is 7.16. The lowest BCUT2D eigenvalue weighted by atomic mass is 9.97. The van der Waals surface area contributed by atoms with Crippen molar-refractivity contribution in [2.45, 2.75) is 26.2 Å². The maximum absolute atomic E-state index is 10.9. The van der Waals surface area contributed by atoms with E-state index in [1.54, 1.807) is 0 Å². The van der Waals surface area contributed by atoms with Gasteiger partial charge in [0.05, 0.1) is 0 Å². The minimum atomic E-state index is -3.46. The maximum atomic E-state index is 10.9. The molecule has 1 saturated heterocycles. The minimum Gasteiger partial charge on any atom is -0.195 e. The Balaban J connectivity index is 2.58. The fourth-order valence-electron chi connectivity index (χ4n) is 1.56. The van der Waals surface area contributed by atoms with E-state index in [1.165, 1.54) is 4.31 Å². The highest BCUT2D eigenvalue weighted by molar-refractivity contribution is 8.11. The predicted octanol–water partition coefficient (Wildman–Crippen LogP) is 1.59. The van der Waals surface area contributed by atoms with E-state index in [-0.39, 0.29) is 0 Å². The largest absolute Gasteiger partial charge is 0.299 e. The molecule has 1 fully saturated rings. The summed E-state index contributed by atoms with van der Waals surface area (Å²) in [5.41, 5.74) is 0. The SMILES string of the molecule is CCC1CCCN(S(=O)(=O)Cl)C1. The molecule has 12 heavy (non-hydrogen) atoms. The van der Waals surface area contributed by atoms with Crippen LogP contribution in [0.15, 0.2) is 0 Å². The fourth-order valence-corrected chi connectivity index (χ4v) is 2.67. The van der Waals surface area contributed by atoms with Crippen LogP contribution in [0.5, 0.6) is 0 Å². The minimum absolute atomic E-state index is 0.493. The zero-order valence-corrected chi connectivity index (χ0v) is 8.74. The van der Waals surface area contributed by atoms with Crippen molar-refractivity contribution in [3.8, 4) is 0 Å². The highest BCUT2D eigenvalue weighted by atomic mass is 35.7. The number of rotatable bonds is 2. The second kappa shape index (κ2) is 3.94. The summed E-state index contributed by atoms with van der Waals surface area (Å²) >= 11 is 0. The molecule has 1 atom stereocenters. The average Bonchev–Trinajstić information content (AvgIpc) is 2.03. The number of nitrogens with zero attached hydrogens (tertiary/aromatic N) is 1. The van der Waals surface area contributed by atoms with Gasteiger partial charge in [0.15, 0.2) is 0 Å². The summed E-state index contributed by atoms with van der Waals surface area (Å²) < 4.78 is 23.2. The van der Waals surface area contributed by atoms with Gasteiger partial charge < -0.3 is 0 Å². The first-order chi connectivity index (χ1) is 5.54. The third-order valence-corrected chi connectivity index (χ3v) is 3.90. The summed E-state index contributed by atoms with van der Waals surface area (Å²) in [6.45, 7) is 3.26. The van der Waals surface area contributed by atoms with E-state index in [1.807, 2.05) is 0 Å².